The summed E-state index contributed by atoms with van der Waals surface area (Å²) in [7, 11) is 0. The summed E-state index contributed by atoms with van der Waals surface area (Å²) in [4.78, 5) is 11.8. The highest BCUT2D eigenvalue weighted by Gasteiger charge is 2.20. The topological polar surface area (TPSA) is 69.0 Å². The van der Waals surface area contributed by atoms with E-state index >= 15 is 0 Å². The highest BCUT2D eigenvalue weighted by atomic mass is 16.5. The predicted octanol–water partition coefficient (Wildman–Crippen LogP) is 2.11. The van der Waals surface area contributed by atoms with Crippen molar-refractivity contribution < 1.29 is 9.53 Å². The lowest BCUT2D eigenvalue weighted by Gasteiger charge is -2.26. The molecule has 0 aliphatic heterocycles. The third-order valence-corrected chi connectivity index (χ3v) is 4.21. The predicted molar refractivity (Wildman–Crippen MR) is 84.5 cm³/mol. The third kappa shape index (κ3) is 5.09. The Morgan fingerprint density at radius 3 is 3.05 bits per heavy atom. The lowest BCUT2D eigenvalue weighted by molar-refractivity contribution is -0.128. The molecule has 2 rings (SSSR count). The number of ether oxygens (including phenoxy) is 1. The van der Waals surface area contributed by atoms with Gasteiger partial charge in [-0.3, -0.25) is 4.79 Å². The van der Waals surface area contributed by atoms with Gasteiger partial charge in [-0.25, -0.2) is 0 Å². The van der Waals surface area contributed by atoms with Crippen LogP contribution in [-0.2, 0) is 16.0 Å². The zero-order valence-corrected chi connectivity index (χ0v) is 13.9. The number of nitrogens with zero attached hydrogens (tertiary/aromatic N) is 3. The van der Waals surface area contributed by atoms with Crippen LogP contribution in [0.2, 0.25) is 0 Å². The normalized spacial score (nSPS) is 22.0. The molecule has 2 atom stereocenters. The fourth-order valence-electron chi connectivity index (χ4n) is 2.96. The molecule has 0 spiro atoms. The average Bonchev–Trinajstić information content (AvgIpc) is 2.94. The van der Waals surface area contributed by atoms with Gasteiger partial charge in [0, 0.05) is 19.0 Å². The van der Waals surface area contributed by atoms with Crippen molar-refractivity contribution in [3.05, 3.63) is 12.2 Å². The quantitative estimate of drug-likeness (QED) is 0.837. The zero-order valence-electron chi connectivity index (χ0n) is 13.9. The SMILES string of the molecule is CC(C)n1cnnc1CCNC(=O)CO[C@H]1CCC[C@H](C)C1. The van der Waals surface area contributed by atoms with Crippen molar-refractivity contribution in [1.29, 1.82) is 0 Å². The Bertz CT molecular complexity index is 472. The fraction of sp³-hybridized carbons (Fsp3) is 0.812. The standard InChI is InChI=1S/C16H28N4O2/c1-12(2)20-11-18-19-15(20)7-8-17-16(21)10-22-14-6-4-5-13(3)9-14/h11-14H,4-10H2,1-3H3,(H,17,21)/t13-,14-/m0/s1. The summed E-state index contributed by atoms with van der Waals surface area (Å²) in [5.41, 5.74) is 0. The number of aromatic nitrogens is 3. The van der Waals surface area contributed by atoms with Gasteiger partial charge in [-0.05, 0) is 32.6 Å². The van der Waals surface area contributed by atoms with Gasteiger partial charge in [0.2, 0.25) is 5.91 Å². The molecule has 1 fully saturated rings. The summed E-state index contributed by atoms with van der Waals surface area (Å²) >= 11 is 0. The van der Waals surface area contributed by atoms with Crippen LogP contribution >= 0.6 is 0 Å². The summed E-state index contributed by atoms with van der Waals surface area (Å²) < 4.78 is 7.74. The first kappa shape index (κ1) is 16.9. The molecule has 1 aromatic rings. The van der Waals surface area contributed by atoms with Gasteiger partial charge in [-0.2, -0.15) is 0 Å². The minimum Gasteiger partial charge on any atom is -0.368 e. The van der Waals surface area contributed by atoms with Crippen LogP contribution in [-0.4, -0.2) is 39.9 Å². The molecule has 1 saturated carbocycles. The van der Waals surface area contributed by atoms with Crippen molar-refractivity contribution in [2.45, 2.75) is 65.0 Å². The molecule has 0 aromatic carbocycles. The maximum Gasteiger partial charge on any atom is 0.246 e. The van der Waals surface area contributed by atoms with Gasteiger partial charge >= 0.3 is 0 Å². The van der Waals surface area contributed by atoms with Crippen molar-refractivity contribution in [2.24, 2.45) is 5.92 Å². The molecule has 6 nitrogen and oxygen atoms in total. The van der Waals surface area contributed by atoms with Crippen LogP contribution in [0, 0.1) is 5.92 Å². The molecule has 124 valence electrons. The Morgan fingerprint density at radius 2 is 2.32 bits per heavy atom. The molecular formula is C16H28N4O2. The van der Waals surface area contributed by atoms with E-state index in [4.69, 9.17) is 4.74 Å². The van der Waals surface area contributed by atoms with Crippen molar-refractivity contribution in [3.8, 4) is 0 Å². The number of hydrogen-bond donors (Lipinski definition) is 1. The summed E-state index contributed by atoms with van der Waals surface area (Å²) in [5, 5.41) is 10.9. The minimum absolute atomic E-state index is 0.0474. The van der Waals surface area contributed by atoms with Crippen LogP contribution in [0.15, 0.2) is 6.33 Å². The number of hydrogen-bond acceptors (Lipinski definition) is 4. The van der Waals surface area contributed by atoms with E-state index in [1.165, 1.54) is 12.8 Å². The van der Waals surface area contributed by atoms with Gasteiger partial charge in [0.05, 0.1) is 6.10 Å². The van der Waals surface area contributed by atoms with Crippen LogP contribution in [0.4, 0.5) is 0 Å². The lowest BCUT2D eigenvalue weighted by Crippen LogP contribution is -2.33. The molecule has 0 radical (unpaired) electrons. The second-order valence-electron chi connectivity index (χ2n) is 6.55. The molecule has 1 aromatic heterocycles. The molecule has 0 saturated heterocycles. The fourth-order valence-corrected chi connectivity index (χ4v) is 2.96. The first-order valence-corrected chi connectivity index (χ1v) is 8.33. The largest absolute Gasteiger partial charge is 0.368 e. The Hall–Kier alpha value is -1.43. The summed E-state index contributed by atoms with van der Waals surface area (Å²) in [5.74, 6) is 1.57. The lowest BCUT2D eigenvalue weighted by atomic mass is 9.89. The van der Waals surface area contributed by atoms with E-state index in [1.54, 1.807) is 6.33 Å². The van der Waals surface area contributed by atoms with E-state index in [9.17, 15) is 4.79 Å². The molecule has 6 heteroatoms. The number of rotatable bonds is 7. The van der Waals surface area contributed by atoms with Crippen molar-refractivity contribution in [1.82, 2.24) is 20.1 Å². The Kier molecular flexibility index (Phi) is 6.36. The smallest absolute Gasteiger partial charge is 0.246 e. The van der Waals surface area contributed by atoms with Crippen LogP contribution in [0.1, 0.15) is 58.3 Å². The highest BCUT2D eigenvalue weighted by molar-refractivity contribution is 5.77. The van der Waals surface area contributed by atoms with Gasteiger partial charge in [0.1, 0.15) is 18.8 Å². The summed E-state index contributed by atoms with van der Waals surface area (Å²) in [6.07, 6.45) is 7.30. The van der Waals surface area contributed by atoms with Crippen LogP contribution < -0.4 is 5.32 Å². The molecule has 22 heavy (non-hydrogen) atoms. The van der Waals surface area contributed by atoms with Crippen molar-refractivity contribution >= 4 is 5.91 Å². The summed E-state index contributed by atoms with van der Waals surface area (Å²) in [6.45, 7) is 7.15. The molecule has 1 aliphatic carbocycles. The molecule has 1 amide bonds. The van der Waals surface area contributed by atoms with E-state index < -0.39 is 0 Å². The molecular weight excluding hydrogens is 280 g/mol. The highest BCUT2D eigenvalue weighted by Crippen LogP contribution is 2.25. The Labute approximate surface area is 132 Å². The van der Waals surface area contributed by atoms with E-state index in [0.717, 1.165) is 18.7 Å². The number of nitrogens with one attached hydrogen (secondary N) is 1. The second-order valence-corrected chi connectivity index (χ2v) is 6.55. The van der Waals surface area contributed by atoms with E-state index in [1.807, 2.05) is 4.57 Å². The van der Waals surface area contributed by atoms with Gasteiger partial charge in [-0.15, -0.1) is 10.2 Å². The Morgan fingerprint density at radius 1 is 1.50 bits per heavy atom. The number of amides is 1. The number of carbonyl (C=O) groups excluding carboxylic acids is 1. The van der Waals surface area contributed by atoms with E-state index in [2.05, 4.69) is 36.3 Å². The summed E-state index contributed by atoms with van der Waals surface area (Å²) in [6, 6.07) is 0.331. The van der Waals surface area contributed by atoms with Gasteiger partial charge in [-0.1, -0.05) is 19.8 Å². The van der Waals surface area contributed by atoms with Gasteiger partial charge < -0.3 is 14.6 Å². The van der Waals surface area contributed by atoms with Crippen LogP contribution in [0.5, 0.6) is 0 Å². The second kappa shape index (κ2) is 8.27. The van der Waals surface area contributed by atoms with E-state index in [-0.39, 0.29) is 18.6 Å². The number of carbonyl (C=O) groups is 1. The maximum absolute atomic E-state index is 11.8. The van der Waals surface area contributed by atoms with E-state index in [0.29, 0.717) is 24.9 Å². The van der Waals surface area contributed by atoms with Crippen molar-refractivity contribution in [3.63, 3.8) is 0 Å². The molecule has 1 aliphatic rings. The monoisotopic (exact) mass is 308 g/mol. The molecule has 1 N–H and O–H groups in total. The maximum atomic E-state index is 11.8. The van der Waals surface area contributed by atoms with Crippen LogP contribution in [0.3, 0.4) is 0 Å². The average molecular weight is 308 g/mol. The minimum atomic E-state index is -0.0474. The first-order chi connectivity index (χ1) is 10.6. The van der Waals surface area contributed by atoms with Crippen LogP contribution in [0.25, 0.3) is 0 Å². The molecule has 0 unspecified atom stereocenters. The zero-order chi connectivity index (χ0) is 15.9. The van der Waals surface area contributed by atoms with Gasteiger partial charge in [0.25, 0.3) is 0 Å². The first-order valence-electron chi connectivity index (χ1n) is 8.33. The van der Waals surface area contributed by atoms with Gasteiger partial charge in [0.15, 0.2) is 0 Å². The molecule has 0 bridgehead atoms. The van der Waals surface area contributed by atoms with Crippen molar-refractivity contribution in [2.75, 3.05) is 13.2 Å². The molecule has 1 heterocycles. The third-order valence-electron chi connectivity index (χ3n) is 4.21. The Balaban J connectivity index is 1.64.